The summed E-state index contributed by atoms with van der Waals surface area (Å²) in [5.41, 5.74) is 4.23. The number of hydrogen-bond acceptors (Lipinski definition) is 5. The van der Waals surface area contributed by atoms with E-state index in [0.717, 1.165) is 27.9 Å². The van der Waals surface area contributed by atoms with E-state index in [-0.39, 0.29) is 11.7 Å². The number of benzene rings is 3. The van der Waals surface area contributed by atoms with Gasteiger partial charge in [0.2, 0.25) is 0 Å². The van der Waals surface area contributed by atoms with Gasteiger partial charge in [-0.2, -0.15) is 0 Å². The molecule has 3 heterocycles. The summed E-state index contributed by atoms with van der Waals surface area (Å²) in [6.07, 6.45) is -0.755. The molecule has 1 N–H and O–H groups in total. The number of nitrogens with zero attached hydrogens (tertiary/aromatic N) is 4. The Bertz CT molecular complexity index is 1500. The maximum atomic E-state index is 13.2. The smallest absolute Gasteiger partial charge is 0.289 e. The van der Waals surface area contributed by atoms with E-state index in [2.05, 4.69) is 15.5 Å². The van der Waals surface area contributed by atoms with Crippen molar-refractivity contribution in [2.45, 2.75) is 13.1 Å². The Hall–Kier alpha value is -4.52. The molecule has 0 spiro atoms. The zero-order valence-corrected chi connectivity index (χ0v) is 17.8. The third-order valence-corrected chi connectivity index (χ3v) is 5.72. The number of aliphatic imine (C=N–C) groups is 1. The first-order valence-corrected chi connectivity index (χ1v) is 10.6. The van der Waals surface area contributed by atoms with Gasteiger partial charge in [-0.1, -0.05) is 66.7 Å². The predicted molar refractivity (Wildman–Crippen MR) is 125 cm³/mol. The highest BCUT2D eigenvalue weighted by atomic mass is 16.3. The highest BCUT2D eigenvalue weighted by Crippen LogP contribution is 2.30. The summed E-state index contributed by atoms with van der Waals surface area (Å²) in [6, 6.07) is 27.1. The highest BCUT2D eigenvalue weighted by Gasteiger charge is 2.29. The molecule has 160 valence electrons. The van der Waals surface area contributed by atoms with Crippen LogP contribution in [-0.2, 0) is 0 Å². The molecule has 0 bridgehead atoms. The van der Waals surface area contributed by atoms with E-state index < -0.39 is 6.17 Å². The lowest BCUT2D eigenvalue weighted by Crippen LogP contribution is -2.29. The third-order valence-electron chi connectivity index (χ3n) is 5.72. The largest absolute Gasteiger partial charge is 0.451 e. The second-order valence-corrected chi connectivity index (χ2v) is 7.83. The number of carbonyl (C=O) groups is 1. The predicted octanol–water partition coefficient (Wildman–Crippen LogP) is 4.60. The average Bonchev–Trinajstić information content (AvgIpc) is 3.42. The molecule has 7 heteroatoms. The Morgan fingerprint density at radius 3 is 2.55 bits per heavy atom. The molecule has 0 aliphatic carbocycles. The van der Waals surface area contributed by atoms with Gasteiger partial charge in [-0.25, -0.2) is 0 Å². The minimum Gasteiger partial charge on any atom is -0.451 e. The monoisotopic (exact) mass is 433 g/mol. The summed E-state index contributed by atoms with van der Waals surface area (Å²) in [5, 5.41) is 12.5. The van der Waals surface area contributed by atoms with E-state index in [1.807, 2.05) is 90.4 Å². The molecular formula is C26H19N5O2. The van der Waals surface area contributed by atoms with Gasteiger partial charge in [0.25, 0.3) is 5.91 Å². The number of fused-ring (bicyclic) bond motifs is 4. The van der Waals surface area contributed by atoms with Crippen LogP contribution < -0.4 is 5.32 Å². The van der Waals surface area contributed by atoms with Crippen LogP contribution >= 0.6 is 0 Å². The molecule has 33 heavy (non-hydrogen) atoms. The normalized spacial score (nSPS) is 14.8. The van der Waals surface area contributed by atoms with Gasteiger partial charge < -0.3 is 9.73 Å². The molecule has 0 radical (unpaired) electrons. The number of hydrogen-bond donors (Lipinski definition) is 1. The summed E-state index contributed by atoms with van der Waals surface area (Å²) >= 11 is 0. The van der Waals surface area contributed by atoms with Crippen LogP contribution in [-0.4, -0.2) is 26.4 Å². The average molecular weight is 433 g/mol. The van der Waals surface area contributed by atoms with Crippen molar-refractivity contribution in [2.75, 3.05) is 0 Å². The lowest BCUT2D eigenvalue weighted by molar-refractivity contribution is 0.0910. The van der Waals surface area contributed by atoms with Gasteiger partial charge in [0.1, 0.15) is 11.4 Å². The third kappa shape index (κ3) is 3.22. The molecule has 2 aromatic heterocycles. The zero-order chi connectivity index (χ0) is 22.4. The van der Waals surface area contributed by atoms with E-state index in [1.165, 1.54) is 0 Å². The SMILES string of the molecule is Cc1nnc2n1-c1ccccc1C(c1ccccc1)=NC2NC(=O)c1cc2ccccc2o1. The lowest BCUT2D eigenvalue weighted by Gasteiger charge is -2.13. The number of carbonyl (C=O) groups excluding carboxylic acids is 1. The van der Waals surface area contributed by atoms with Crippen molar-refractivity contribution < 1.29 is 9.21 Å². The second-order valence-electron chi connectivity index (χ2n) is 7.83. The Balaban J connectivity index is 1.49. The van der Waals surface area contributed by atoms with Crippen molar-refractivity contribution in [2.24, 2.45) is 4.99 Å². The van der Waals surface area contributed by atoms with Crippen LogP contribution in [0.3, 0.4) is 0 Å². The molecule has 1 atom stereocenters. The minimum absolute atomic E-state index is 0.220. The van der Waals surface area contributed by atoms with Gasteiger partial charge in [-0.3, -0.25) is 14.4 Å². The number of amides is 1. The van der Waals surface area contributed by atoms with Crippen molar-refractivity contribution in [3.8, 4) is 5.69 Å². The van der Waals surface area contributed by atoms with Crippen molar-refractivity contribution >= 4 is 22.6 Å². The van der Waals surface area contributed by atoms with Crippen LogP contribution in [0.15, 0.2) is 94.3 Å². The first-order chi connectivity index (χ1) is 16.2. The van der Waals surface area contributed by atoms with Gasteiger partial charge in [-0.15, -0.1) is 10.2 Å². The Kier molecular flexibility index (Phi) is 4.40. The highest BCUT2D eigenvalue weighted by molar-refractivity contribution is 6.15. The summed E-state index contributed by atoms with van der Waals surface area (Å²) in [5.74, 6) is 1.10. The van der Waals surface area contributed by atoms with Gasteiger partial charge in [0.05, 0.1) is 11.4 Å². The molecule has 1 aliphatic heterocycles. The number of aryl methyl sites for hydroxylation is 1. The van der Waals surface area contributed by atoms with E-state index in [4.69, 9.17) is 9.41 Å². The van der Waals surface area contributed by atoms with Gasteiger partial charge in [0, 0.05) is 16.5 Å². The fourth-order valence-corrected chi connectivity index (χ4v) is 4.19. The summed E-state index contributed by atoms with van der Waals surface area (Å²) in [7, 11) is 0. The van der Waals surface area contributed by atoms with Gasteiger partial charge in [-0.05, 0) is 25.1 Å². The number of aromatic nitrogens is 3. The molecule has 1 aliphatic rings. The van der Waals surface area contributed by atoms with Crippen LogP contribution in [0.5, 0.6) is 0 Å². The van der Waals surface area contributed by atoms with E-state index in [1.54, 1.807) is 6.07 Å². The zero-order valence-electron chi connectivity index (χ0n) is 17.8. The quantitative estimate of drug-likeness (QED) is 0.451. The van der Waals surface area contributed by atoms with Crippen molar-refractivity contribution in [3.63, 3.8) is 0 Å². The van der Waals surface area contributed by atoms with Crippen LogP contribution in [0, 0.1) is 6.92 Å². The summed E-state index contributed by atoms with van der Waals surface area (Å²) < 4.78 is 7.71. The molecule has 6 rings (SSSR count). The lowest BCUT2D eigenvalue weighted by atomic mass is 10.0. The second kappa shape index (κ2) is 7.56. The topological polar surface area (TPSA) is 85.3 Å². The maximum Gasteiger partial charge on any atom is 0.289 e. The Morgan fingerprint density at radius 1 is 0.939 bits per heavy atom. The number of rotatable bonds is 3. The number of para-hydroxylation sites is 2. The molecule has 0 saturated heterocycles. The molecular weight excluding hydrogens is 414 g/mol. The van der Waals surface area contributed by atoms with E-state index in [0.29, 0.717) is 17.2 Å². The van der Waals surface area contributed by atoms with E-state index >= 15 is 0 Å². The maximum absolute atomic E-state index is 13.2. The fraction of sp³-hybridized carbons (Fsp3) is 0.0769. The molecule has 5 aromatic rings. The van der Waals surface area contributed by atoms with Crippen LogP contribution in [0.1, 0.15) is 39.5 Å². The summed E-state index contributed by atoms with van der Waals surface area (Å²) in [6.45, 7) is 1.89. The van der Waals surface area contributed by atoms with Crippen LogP contribution in [0.2, 0.25) is 0 Å². The molecule has 1 amide bonds. The molecule has 7 nitrogen and oxygen atoms in total. The molecule has 0 fully saturated rings. The van der Waals surface area contributed by atoms with Crippen LogP contribution in [0.4, 0.5) is 0 Å². The Morgan fingerprint density at radius 2 is 1.70 bits per heavy atom. The first kappa shape index (κ1) is 19.2. The van der Waals surface area contributed by atoms with Crippen LogP contribution in [0.25, 0.3) is 16.7 Å². The fourth-order valence-electron chi connectivity index (χ4n) is 4.19. The van der Waals surface area contributed by atoms with Crippen molar-refractivity contribution in [3.05, 3.63) is 113 Å². The van der Waals surface area contributed by atoms with E-state index in [9.17, 15) is 4.79 Å². The molecule has 1 unspecified atom stereocenters. The van der Waals surface area contributed by atoms with Gasteiger partial charge >= 0.3 is 0 Å². The summed E-state index contributed by atoms with van der Waals surface area (Å²) in [4.78, 5) is 18.2. The number of nitrogens with one attached hydrogen (secondary N) is 1. The van der Waals surface area contributed by atoms with Crippen molar-refractivity contribution in [1.29, 1.82) is 0 Å². The standard InChI is InChI=1S/C26H19N5O2/c1-16-29-30-25-24(28-26(32)22-15-18-11-5-8-14-21(18)33-22)27-23(17-9-3-2-4-10-17)19-12-6-7-13-20(19)31(16)25/h2-15,24H,1H3,(H,28,32). The first-order valence-electron chi connectivity index (χ1n) is 10.6. The molecule has 0 saturated carbocycles. The van der Waals surface area contributed by atoms with Gasteiger partial charge in [0.15, 0.2) is 17.8 Å². The molecule has 3 aromatic carbocycles. The minimum atomic E-state index is -0.755. The number of furan rings is 1. The Labute approximate surface area is 189 Å². The van der Waals surface area contributed by atoms with Crippen molar-refractivity contribution in [1.82, 2.24) is 20.1 Å².